The van der Waals surface area contributed by atoms with Crippen molar-refractivity contribution < 1.29 is 23.7 Å². The Bertz CT molecular complexity index is 728. The molecule has 6 nitrogen and oxygen atoms in total. The van der Waals surface area contributed by atoms with E-state index in [1.807, 2.05) is 37.3 Å². The molecule has 0 spiro atoms. The smallest absolute Gasteiger partial charge is 0.257 e. The second-order valence-corrected chi connectivity index (χ2v) is 5.72. The van der Waals surface area contributed by atoms with Crippen molar-refractivity contribution in [2.24, 2.45) is 0 Å². The highest BCUT2D eigenvalue weighted by molar-refractivity contribution is 5.77. The van der Waals surface area contributed by atoms with E-state index in [0.717, 1.165) is 11.1 Å². The number of carbonyl (C=O) groups excluding carboxylic acids is 1. The van der Waals surface area contributed by atoms with E-state index in [9.17, 15) is 4.79 Å². The summed E-state index contributed by atoms with van der Waals surface area (Å²) in [5, 5.41) is 2.84. The molecule has 1 amide bonds. The Morgan fingerprint density at radius 2 is 1.69 bits per heavy atom. The highest BCUT2D eigenvalue weighted by atomic mass is 16.5. The largest absolute Gasteiger partial charge is 0.497 e. The first-order chi connectivity index (χ1) is 12.6. The van der Waals surface area contributed by atoms with Gasteiger partial charge in [0.2, 0.25) is 0 Å². The summed E-state index contributed by atoms with van der Waals surface area (Å²) >= 11 is 0. The molecule has 0 fully saturated rings. The van der Waals surface area contributed by atoms with Gasteiger partial charge >= 0.3 is 0 Å². The normalized spacial score (nSPS) is 10.2. The number of methoxy groups -OCH3 is 3. The molecule has 0 saturated carbocycles. The molecule has 6 heteroatoms. The number of ether oxygens (including phenoxy) is 4. The summed E-state index contributed by atoms with van der Waals surface area (Å²) in [6.07, 6.45) is 0.576. The molecule has 2 aromatic rings. The number of hydrogen-bond donors (Lipinski definition) is 1. The molecule has 1 N–H and O–H groups in total. The van der Waals surface area contributed by atoms with Crippen molar-refractivity contribution >= 4 is 5.91 Å². The first-order valence-electron chi connectivity index (χ1n) is 8.32. The van der Waals surface area contributed by atoms with Gasteiger partial charge < -0.3 is 24.3 Å². The van der Waals surface area contributed by atoms with Gasteiger partial charge in [0, 0.05) is 18.2 Å². The third kappa shape index (κ3) is 5.31. The van der Waals surface area contributed by atoms with Gasteiger partial charge in [0.15, 0.2) is 18.1 Å². The second-order valence-electron chi connectivity index (χ2n) is 5.72. The van der Waals surface area contributed by atoms with Crippen LogP contribution in [-0.2, 0) is 11.2 Å². The molecule has 0 aliphatic carbocycles. The van der Waals surface area contributed by atoms with E-state index in [1.165, 1.54) is 0 Å². The summed E-state index contributed by atoms with van der Waals surface area (Å²) < 4.78 is 21.5. The minimum atomic E-state index is -0.181. The maximum Gasteiger partial charge on any atom is 0.257 e. The van der Waals surface area contributed by atoms with E-state index in [2.05, 4.69) is 5.32 Å². The van der Waals surface area contributed by atoms with Crippen LogP contribution < -0.4 is 24.3 Å². The van der Waals surface area contributed by atoms with Gasteiger partial charge in [0.1, 0.15) is 11.5 Å². The van der Waals surface area contributed by atoms with Crippen LogP contribution >= 0.6 is 0 Å². The van der Waals surface area contributed by atoms with Gasteiger partial charge in [-0.05, 0) is 31.5 Å². The summed E-state index contributed by atoms with van der Waals surface area (Å²) in [6.45, 7) is 2.42. The quantitative estimate of drug-likeness (QED) is 0.746. The van der Waals surface area contributed by atoms with Gasteiger partial charge in [-0.1, -0.05) is 17.7 Å². The lowest BCUT2D eigenvalue weighted by molar-refractivity contribution is -0.123. The van der Waals surface area contributed by atoms with Crippen LogP contribution in [-0.4, -0.2) is 40.4 Å². The molecule has 0 aliphatic rings. The maximum absolute atomic E-state index is 12.0. The zero-order valence-corrected chi connectivity index (χ0v) is 15.6. The number of nitrogens with one attached hydrogen (secondary N) is 1. The van der Waals surface area contributed by atoms with Gasteiger partial charge in [-0.25, -0.2) is 0 Å². The van der Waals surface area contributed by atoms with Crippen LogP contribution in [0.25, 0.3) is 0 Å². The van der Waals surface area contributed by atoms with Gasteiger partial charge in [0.25, 0.3) is 5.91 Å². The molecule has 2 aromatic carbocycles. The third-order valence-electron chi connectivity index (χ3n) is 3.87. The predicted octanol–water partition coefficient (Wildman–Crippen LogP) is 2.76. The van der Waals surface area contributed by atoms with Crippen LogP contribution in [0.3, 0.4) is 0 Å². The van der Waals surface area contributed by atoms with E-state index in [0.29, 0.717) is 36.0 Å². The Labute approximate surface area is 154 Å². The fourth-order valence-electron chi connectivity index (χ4n) is 2.49. The highest BCUT2D eigenvalue weighted by Crippen LogP contribution is 2.35. The van der Waals surface area contributed by atoms with Gasteiger partial charge in [-0.15, -0.1) is 0 Å². The molecule has 2 rings (SSSR count). The number of carbonyl (C=O) groups is 1. The number of amides is 1. The highest BCUT2D eigenvalue weighted by Gasteiger charge is 2.13. The van der Waals surface area contributed by atoms with Crippen LogP contribution in [0.15, 0.2) is 36.4 Å². The zero-order valence-electron chi connectivity index (χ0n) is 15.6. The van der Waals surface area contributed by atoms with Crippen LogP contribution in [0.1, 0.15) is 11.1 Å². The number of hydrogen-bond acceptors (Lipinski definition) is 5. The molecular weight excluding hydrogens is 334 g/mol. The molecule has 140 valence electrons. The fraction of sp³-hybridized carbons (Fsp3) is 0.350. The molecule has 0 bridgehead atoms. The number of benzene rings is 2. The van der Waals surface area contributed by atoms with E-state index in [4.69, 9.17) is 18.9 Å². The van der Waals surface area contributed by atoms with E-state index < -0.39 is 0 Å². The Balaban J connectivity index is 1.88. The van der Waals surface area contributed by atoms with Gasteiger partial charge in [-0.3, -0.25) is 4.79 Å². The van der Waals surface area contributed by atoms with Crippen LogP contribution in [0.5, 0.6) is 23.0 Å². The standard InChI is InChI=1S/C20H25NO5/c1-14-5-7-16(8-6-14)26-13-19(22)21-10-9-15-11-17(23-2)12-18(24-3)20(15)25-4/h5-8,11-12H,9-10,13H2,1-4H3,(H,21,22). The summed E-state index contributed by atoms with van der Waals surface area (Å²) in [7, 11) is 4.75. The second kappa shape index (κ2) is 9.56. The average molecular weight is 359 g/mol. The summed E-state index contributed by atoms with van der Waals surface area (Å²) in [5.74, 6) is 2.39. The minimum Gasteiger partial charge on any atom is -0.497 e. The van der Waals surface area contributed by atoms with E-state index in [-0.39, 0.29) is 12.5 Å². The molecular formula is C20H25NO5. The maximum atomic E-state index is 12.0. The van der Waals surface area contributed by atoms with Crippen molar-refractivity contribution in [3.8, 4) is 23.0 Å². The van der Waals surface area contributed by atoms with Crippen molar-refractivity contribution in [3.05, 3.63) is 47.5 Å². The van der Waals surface area contributed by atoms with Crippen LogP contribution in [0.4, 0.5) is 0 Å². The van der Waals surface area contributed by atoms with E-state index >= 15 is 0 Å². The van der Waals surface area contributed by atoms with Crippen molar-refractivity contribution in [2.45, 2.75) is 13.3 Å². The minimum absolute atomic E-state index is 0.0262. The SMILES string of the molecule is COc1cc(CCNC(=O)COc2ccc(C)cc2)c(OC)c(OC)c1. The van der Waals surface area contributed by atoms with Crippen molar-refractivity contribution in [1.29, 1.82) is 0 Å². The van der Waals surface area contributed by atoms with Crippen molar-refractivity contribution in [2.75, 3.05) is 34.5 Å². The fourth-order valence-corrected chi connectivity index (χ4v) is 2.49. The molecule has 0 unspecified atom stereocenters. The summed E-state index contributed by atoms with van der Waals surface area (Å²) in [5.41, 5.74) is 2.04. The summed E-state index contributed by atoms with van der Waals surface area (Å²) in [4.78, 5) is 12.0. The molecule has 0 atom stereocenters. The number of rotatable bonds is 9. The lowest BCUT2D eigenvalue weighted by Gasteiger charge is -2.15. The lowest BCUT2D eigenvalue weighted by atomic mass is 10.1. The summed E-state index contributed by atoms with van der Waals surface area (Å²) in [6, 6.07) is 11.2. The Morgan fingerprint density at radius 3 is 2.31 bits per heavy atom. The number of aryl methyl sites for hydroxylation is 1. The first kappa shape index (κ1) is 19.4. The topological polar surface area (TPSA) is 66.0 Å². The zero-order chi connectivity index (χ0) is 18.9. The van der Waals surface area contributed by atoms with Crippen LogP contribution in [0.2, 0.25) is 0 Å². The lowest BCUT2D eigenvalue weighted by Crippen LogP contribution is -2.30. The van der Waals surface area contributed by atoms with Crippen LogP contribution in [0, 0.1) is 6.92 Å². The van der Waals surface area contributed by atoms with Gasteiger partial charge in [0.05, 0.1) is 21.3 Å². The monoisotopic (exact) mass is 359 g/mol. The molecule has 0 aliphatic heterocycles. The molecule has 0 heterocycles. The predicted molar refractivity (Wildman–Crippen MR) is 99.5 cm³/mol. The van der Waals surface area contributed by atoms with Gasteiger partial charge in [-0.2, -0.15) is 0 Å². The molecule has 0 saturated heterocycles. The Hall–Kier alpha value is -2.89. The Kier molecular flexibility index (Phi) is 7.14. The molecule has 26 heavy (non-hydrogen) atoms. The first-order valence-corrected chi connectivity index (χ1v) is 8.32. The molecule has 0 aromatic heterocycles. The van der Waals surface area contributed by atoms with E-state index in [1.54, 1.807) is 27.4 Å². The molecule has 0 radical (unpaired) electrons. The average Bonchev–Trinajstić information content (AvgIpc) is 2.66. The third-order valence-corrected chi connectivity index (χ3v) is 3.87. The Morgan fingerprint density at radius 1 is 0.962 bits per heavy atom. The van der Waals surface area contributed by atoms with Crippen molar-refractivity contribution in [3.63, 3.8) is 0 Å². The van der Waals surface area contributed by atoms with Crippen molar-refractivity contribution in [1.82, 2.24) is 5.32 Å².